The van der Waals surface area contributed by atoms with E-state index >= 15 is 0 Å². The van der Waals surface area contributed by atoms with E-state index in [1.54, 1.807) is 11.8 Å². The van der Waals surface area contributed by atoms with Gasteiger partial charge in [-0.3, -0.25) is 9.59 Å². The maximum Gasteiger partial charge on any atom is 0.245 e. The number of nitrogens with one attached hydrogen (secondary N) is 1. The van der Waals surface area contributed by atoms with Crippen LogP contribution in [0.1, 0.15) is 27.7 Å². The fourth-order valence-corrected chi connectivity index (χ4v) is 1.53. The molecule has 0 aromatic heterocycles. The van der Waals surface area contributed by atoms with Gasteiger partial charge in [0.15, 0.2) is 0 Å². The molecule has 1 fully saturated rings. The molecule has 1 rings (SSSR count). The first-order chi connectivity index (χ1) is 7.82. The molecule has 0 aromatic rings. The van der Waals surface area contributed by atoms with Gasteiger partial charge in [-0.2, -0.15) is 0 Å². The summed E-state index contributed by atoms with van der Waals surface area (Å²) in [5.74, 6) is -0.141. The van der Waals surface area contributed by atoms with Crippen molar-refractivity contribution < 1.29 is 14.3 Å². The number of hydrogen-bond acceptors (Lipinski definition) is 3. The van der Waals surface area contributed by atoms with Crippen molar-refractivity contribution in [3.05, 3.63) is 0 Å². The summed E-state index contributed by atoms with van der Waals surface area (Å²) in [4.78, 5) is 25.5. The standard InChI is InChI=1S/C12H22N2O3/c1-9(13-11(16)12(2,3)4)10(15)14-5-7-17-8-6-14/h9H,5-8H2,1-4H3,(H,13,16)/t9-/m1/s1. The van der Waals surface area contributed by atoms with Gasteiger partial charge in [0.05, 0.1) is 13.2 Å². The lowest BCUT2D eigenvalue weighted by Crippen LogP contribution is -2.52. The second kappa shape index (κ2) is 5.49. The quantitative estimate of drug-likeness (QED) is 0.762. The molecule has 1 aliphatic heterocycles. The van der Waals surface area contributed by atoms with E-state index < -0.39 is 11.5 Å². The van der Waals surface area contributed by atoms with E-state index in [1.165, 1.54) is 0 Å². The van der Waals surface area contributed by atoms with Crippen LogP contribution in [0.4, 0.5) is 0 Å². The van der Waals surface area contributed by atoms with Crippen LogP contribution in [0.5, 0.6) is 0 Å². The van der Waals surface area contributed by atoms with E-state index in [1.807, 2.05) is 20.8 Å². The lowest BCUT2D eigenvalue weighted by atomic mass is 9.95. The molecule has 1 atom stereocenters. The van der Waals surface area contributed by atoms with Crippen molar-refractivity contribution in [1.82, 2.24) is 10.2 Å². The zero-order chi connectivity index (χ0) is 13.1. The first kappa shape index (κ1) is 14.0. The highest BCUT2D eigenvalue weighted by Gasteiger charge is 2.27. The third-order valence-corrected chi connectivity index (χ3v) is 2.72. The van der Waals surface area contributed by atoms with Crippen LogP contribution in [0, 0.1) is 5.41 Å². The summed E-state index contributed by atoms with van der Waals surface area (Å²) < 4.78 is 5.18. The summed E-state index contributed by atoms with van der Waals surface area (Å²) in [7, 11) is 0. The molecule has 0 aliphatic carbocycles. The van der Waals surface area contributed by atoms with Crippen LogP contribution >= 0.6 is 0 Å². The summed E-state index contributed by atoms with van der Waals surface area (Å²) >= 11 is 0. The average Bonchev–Trinajstić information content (AvgIpc) is 2.27. The molecule has 0 radical (unpaired) electrons. The fraction of sp³-hybridized carbons (Fsp3) is 0.833. The molecule has 0 unspecified atom stereocenters. The Bertz CT molecular complexity index is 291. The molecule has 17 heavy (non-hydrogen) atoms. The van der Waals surface area contributed by atoms with Crippen molar-refractivity contribution in [2.24, 2.45) is 5.41 Å². The third kappa shape index (κ3) is 4.00. The van der Waals surface area contributed by atoms with Gasteiger partial charge in [0.1, 0.15) is 6.04 Å². The van der Waals surface area contributed by atoms with Crippen LogP contribution < -0.4 is 5.32 Å². The Morgan fingerprint density at radius 2 is 1.76 bits per heavy atom. The minimum atomic E-state index is -0.473. The number of ether oxygens (including phenoxy) is 1. The Labute approximate surface area is 102 Å². The Kier molecular flexibility index (Phi) is 4.51. The largest absolute Gasteiger partial charge is 0.378 e. The number of amides is 2. The van der Waals surface area contributed by atoms with Gasteiger partial charge >= 0.3 is 0 Å². The lowest BCUT2D eigenvalue weighted by Gasteiger charge is -2.30. The predicted octanol–water partition coefficient (Wildman–Crippen LogP) is 0.396. The van der Waals surface area contributed by atoms with Crippen LogP contribution in [-0.2, 0) is 14.3 Å². The molecule has 98 valence electrons. The second-order valence-corrected chi connectivity index (χ2v) is 5.38. The molecule has 1 N–H and O–H groups in total. The highest BCUT2D eigenvalue weighted by atomic mass is 16.5. The number of nitrogens with zero attached hydrogens (tertiary/aromatic N) is 1. The summed E-state index contributed by atoms with van der Waals surface area (Å²) in [6, 6.07) is -0.472. The van der Waals surface area contributed by atoms with Crippen LogP contribution in [-0.4, -0.2) is 49.1 Å². The second-order valence-electron chi connectivity index (χ2n) is 5.38. The Morgan fingerprint density at radius 1 is 1.24 bits per heavy atom. The Balaban J connectivity index is 2.49. The molecule has 0 saturated carbocycles. The predicted molar refractivity (Wildman–Crippen MR) is 64.5 cm³/mol. The van der Waals surface area contributed by atoms with E-state index in [2.05, 4.69) is 5.32 Å². The monoisotopic (exact) mass is 242 g/mol. The smallest absolute Gasteiger partial charge is 0.245 e. The maximum absolute atomic E-state index is 12.0. The van der Waals surface area contributed by atoms with Crippen LogP contribution in [0.25, 0.3) is 0 Å². The summed E-state index contributed by atoms with van der Waals surface area (Å²) in [6.07, 6.45) is 0. The van der Waals surface area contributed by atoms with Gasteiger partial charge in [-0.05, 0) is 6.92 Å². The minimum Gasteiger partial charge on any atom is -0.378 e. The highest BCUT2D eigenvalue weighted by Crippen LogP contribution is 2.13. The van der Waals surface area contributed by atoms with Crippen molar-refractivity contribution >= 4 is 11.8 Å². The SMILES string of the molecule is C[C@@H](NC(=O)C(C)(C)C)C(=O)N1CCOCC1. The van der Waals surface area contributed by atoms with Gasteiger partial charge < -0.3 is 15.0 Å². The molecule has 5 heteroatoms. The van der Waals surface area contributed by atoms with Gasteiger partial charge in [-0.1, -0.05) is 20.8 Å². The topological polar surface area (TPSA) is 58.6 Å². The first-order valence-corrected chi connectivity index (χ1v) is 6.00. The lowest BCUT2D eigenvalue weighted by molar-refractivity contribution is -0.141. The van der Waals surface area contributed by atoms with Gasteiger partial charge in [-0.15, -0.1) is 0 Å². The van der Waals surface area contributed by atoms with Crippen molar-refractivity contribution in [2.45, 2.75) is 33.7 Å². The van der Waals surface area contributed by atoms with Gasteiger partial charge in [0.2, 0.25) is 11.8 Å². The summed E-state index contributed by atoms with van der Waals surface area (Å²) in [5.41, 5.74) is -0.473. The molecule has 5 nitrogen and oxygen atoms in total. The number of rotatable bonds is 2. The van der Waals surface area contributed by atoms with Gasteiger partial charge in [-0.25, -0.2) is 0 Å². The fourth-order valence-electron chi connectivity index (χ4n) is 1.53. The zero-order valence-corrected chi connectivity index (χ0v) is 11.1. The molecular formula is C12H22N2O3. The highest BCUT2D eigenvalue weighted by molar-refractivity contribution is 5.89. The average molecular weight is 242 g/mol. The van der Waals surface area contributed by atoms with E-state index in [4.69, 9.17) is 4.74 Å². The van der Waals surface area contributed by atoms with Crippen molar-refractivity contribution in [3.8, 4) is 0 Å². The molecule has 0 bridgehead atoms. The Hall–Kier alpha value is -1.10. The van der Waals surface area contributed by atoms with Crippen molar-refractivity contribution in [2.75, 3.05) is 26.3 Å². The first-order valence-electron chi connectivity index (χ1n) is 6.00. The minimum absolute atomic E-state index is 0.0362. The molecule has 1 aliphatic rings. The summed E-state index contributed by atoms with van der Waals surface area (Å²) in [5, 5.41) is 2.75. The van der Waals surface area contributed by atoms with Crippen molar-refractivity contribution in [1.29, 1.82) is 0 Å². The van der Waals surface area contributed by atoms with Gasteiger partial charge in [0, 0.05) is 18.5 Å². The normalized spacial score (nSPS) is 18.7. The van der Waals surface area contributed by atoms with E-state index in [-0.39, 0.29) is 11.8 Å². The number of carbonyl (C=O) groups excluding carboxylic acids is 2. The molecule has 0 aromatic carbocycles. The molecular weight excluding hydrogens is 220 g/mol. The van der Waals surface area contributed by atoms with Crippen molar-refractivity contribution in [3.63, 3.8) is 0 Å². The number of carbonyl (C=O) groups is 2. The number of morpholine rings is 1. The molecule has 2 amide bonds. The number of hydrogen-bond donors (Lipinski definition) is 1. The van der Waals surface area contributed by atoms with Gasteiger partial charge in [0.25, 0.3) is 0 Å². The van der Waals surface area contributed by atoms with E-state index in [0.717, 1.165) is 0 Å². The molecule has 1 saturated heterocycles. The zero-order valence-electron chi connectivity index (χ0n) is 11.1. The molecule has 1 heterocycles. The molecule has 0 spiro atoms. The third-order valence-electron chi connectivity index (χ3n) is 2.72. The van der Waals surface area contributed by atoms with Crippen LogP contribution in [0.15, 0.2) is 0 Å². The van der Waals surface area contributed by atoms with E-state index in [0.29, 0.717) is 26.3 Å². The van der Waals surface area contributed by atoms with E-state index in [9.17, 15) is 9.59 Å². The maximum atomic E-state index is 12.0. The van der Waals surface area contributed by atoms with Crippen LogP contribution in [0.2, 0.25) is 0 Å². The summed E-state index contributed by atoms with van der Waals surface area (Å²) in [6.45, 7) is 9.57. The van der Waals surface area contributed by atoms with Crippen LogP contribution in [0.3, 0.4) is 0 Å². The Morgan fingerprint density at radius 3 is 2.24 bits per heavy atom.